The van der Waals surface area contributed by atoms with E-state index < -0.39 is 29.5 Å². The lowest BCUT2D eigenvalue weighted by Crippen LogP contribution is -2.31. The first kappa shape index (κ1) is 15.7. The number of rotatable bonds is 6. The largest absolute Gasteiger partial charge is 0.455 e. The number of ether oxygens (including phenoxy) is 1. The minimum atomic E-state index is -0.862. The SMILES string of the molecule is CN(Cc1ccc(Cl)s1)C(=O)COC(=O)C1CC1[N+](=O)[O-]. The Morgan fingerprint density at radius 1 is 1.57 bits per heavy atom. The Morgan fingerprint density at radius 2 is 2.29 bits per heavy atom. The third kappa shape index (κ3) is 4.15. The molecule has 0 aliphatic heterocycles. The third-order valence-corrected chi connectivity index (χ3v) is 4.33. The normalized spacial score (nSPS) is 19.9. The number of thiophene rings is 1. The second kappa shape index (κ2) is 6.40. The molecule has 1 amide bonds. The van der Waals surface area contributed by atoms with Gasteiger partial charge in [0.25, 0.3) is 5.91 Å². The van der Waals surface area contributed by atoms with E-state index >= 15 is 0 Å². The summed E-state index contributed by atoms with van der Waals surface area (Å²) in [5, 5.41) is 10.4. The minimum Gasteiger partial charge on any atom is -0.455 e. The lowest BCUT2D eigenvalue weighted by Gasteiger charge is -2.15. The van der Waals surface area contributed by atoms with Crippen LogP contribution in [0, 0.1) is 16.0 Å². The van der Waals surface area contributed by atoms with Gasteiger partial charge in [0.2, 0.25) is 6.04 Å². The van der Waals surface area contributed by atoms with Gasteiger partial charge in [0.05, 0.1) is 10.9 Å². The third-order valence-electron chi connectivity index (χ3n) is 3.12. The topological polar surface area (TPSA) is 89.8 Å². The number of esters is 1. The standard InChI is InChI=1S/C12H13ClN2O5S/c1-14(5-7-2-3-10(13)21-7)11(16)6-20-12(17)8-4-9(8)15(18)19/h2-3,8-9H,4-6H2,1H3. The number of carbonyl (C=O) groups excluding carboxylic acids is 2. The van der Waals surface area contributed by atoms with E-state index in [9.17, 15) is 19.7 Å². The van der Waals surface area contributed by atoms with Crippen molar-refractivity contribution in [1.82, 2.24) is 4.90 Å². The first-order valence-corrected chi connectivity index (χ1v) is 7.36. The molecule has 0 saturated heterocycles. The highest BCUT2D eigenvalue weighted by Crippen LogP contribution is 2.34. The molecule has 2 atom stereocenters. The van der Waals surface area contributed by atoms with Gasteiger partial charge < -0.3 is 9.64 Å². The summed E-state index contributed by atoms with van der Waals surface area (Å²) >= 11 is 7.16. The van der Waals surface area contributed by atoms with Crippen LogP contribution in [0.2, 0.25) is 4.34 Å². The van der Waals surface area contributed by atoms with Crippen molar-refractivity contribution in [2.75, 3.05) is 13.7 Å². The van der Waals surface area contributed by atoms with E-state index in [0.717, 1.165) is 4.88 Å². The summed E-state index contributed by atoms with van der Waals surface area (Å²) in [5.74, 6) is -1.77. The van der Waals surface area contributed by atoms with Crippen LogP contribution in [-0.2, 0) is 20.9 Å². The molecule has 1 heterocycles. The fourth-order valence-corrected chi connectivity index (χ4v) is 2.92. The number of nitro groups is 1. The maximum atomic E-state index is 11.8. The maximum Gasteiger partial charge on any atom is 0.316 e. The van der Waals surface area contributed by atoms with E-state index in [-0.39, 0.29) is 12.3 Å². The summed E-state index contributed by atoms with van der Waals surface area (Å²) in [4.78, 5) is 35.6. The smallest absolute Gasteiger partial charge is 0.316 e. The summed E-state index contributed by atoms with van der Waals surface area (Å²) in [6.45, 7) is -0.0376. The Bertz CT molecular complexity index is 576. The Hall–Kier alpha value is -1.67. The van der Waals surface area contributed by atoms with Crippen molar-refractivity contribution in [2.45, 2.75) is 19.0 Å². The summed E-state index contributed by atoms with van der Waals surface area (Å²) < 4.78 is 5.45. The molecule has 1 aliphatic rings. The molecule has 9 heteroatoms. The number of likely N-dealkylation sites (N-methyl/N-ethyl adjacent to an activating group) is 1. The van der Waals surface area contributed by atoms with Crippen LogP contribution in [-0.4, -0.2) is 41.4 Å². The highest BCUT2D eigenvalue weighted by Gasteiger charge is 2.54. The van der Waals surface area contributed by atoms with Crippen molar-refractivity contribution >= 4 is 34.8 Å². The predicted molar refractivity (Wildman–Crippen MR) is 75.7 cm³/mol. The lowest BCUT2D eigenvalue weighted by molar-refractivity contribution is -0.497. The fraction of sp³-hybridized carbons (Fsp3) is 0.500. The van der Waals surface area contributed by atoms with E-state index in [1.165, 1.54) is 16.2 Å². The molecule has 2 unspecified atom stereocenters. The quantitative estimate of drug-likeness (QED) is 0.448. The highest BCUT2D eigenvalue weighted by atomic mass is 35.5. The van der Waals surface area contributed by atoms with E-state index in [0.29, 0.717) is 10.9 Å². The van der Waals surface area contributed by atoms with E-state index in [4.69, 9.17) is 16.3 Å². The molecule has 0 spiro atoms. The number of halogens is 1. The van der Waals surface area contributed by atoms with Gasteiger partial charge in [0, 0.05) is 23.3 Å². The molecule has 0 aromatic carbocycles. The summed E-state index contributed by atoms with van der Waals surface area (Å²) in [7, 11) is 1.58. The second-order valence-electron chi connectivity index (χ2n) is 4.76. The van der Waals surface area contributed by atoms with Gasteiger partial charge in [0.15, 0.2) is 6.61 Å². The molecule has 1 aromatic heterocycles. The molecule has 1 aliphatic carbocycles. The van der Waals surface area contributed by atoms with Crippen molar-refractivity contribution in [3.05, 3.63) is 31.5 Å². The summed E-state index contributed by atoms with van der Waals surface area (Å²) in [6.07, 6.45) is 0.184. The molecule has 0 radical (unpaired) electrons. The minimum absolute atomic E-state index is 0.184. The molecular weight excluding hydrogens is 320 g/mol. The number of hydrogen-bond acceptors (Lipinski definition) is 6. The number of amides is 1. The van der Waals surface area contributed by atoms with Gasteiger partial charge >= 0.3 is 5.97 Å². The number of nitrogens with zero attached hydrogens (tertiary/aromatic N) is 2. The monoisotopic (exact) mass is 332 g/mol. The number of hydrogen-bond donors (Lipinski definition) is 0. The molecule has 7 nitrogen and oxygen atoms in total. The molecule has 1 saturated carbocycles. The van der Waals surface area contributed by atoms with Gasteiger partial charge in [0.1, 0.15) is 5.92 Å². The maximum absolute atomic E-state index is 11.8. The average Bonchev–Trinajstić information content (AvgIpc) is 3.14. The highest BCUT2D eigenvalue weighted by molar-refractivity contribution is 7.16. The Kier molecular flexibility index (Phi) is 4.79. The van der Waals surface area contributed by atoms with Crippen molar-refractivity contribution in [3.63, 3.8) is 0 Å². The van der Waals surface area contributed by atoms with Crippen molar-refractivity contribution < 1.29 is 19.2 Å². The molecular formula is C12H13ClN2O5S. The van der Waals surface area contributed by atoms with Crippen LogP contribution in [0.15, 0.2) is 12.1 Å². The number of carbonyl (C=O) groups is 2. The Morgan fingerprint density at radius 3 is 2.81 bits per heavy atom. The van der Waals surface area contributed by atoms with Crippen LogP contribution in [0.5, 0.6) is 0 Å². The van der Waals surface area contributed by atoms with Crippen LogP contribution < -0.4 is 0 Å². The zero-order valence-corrected chi connectivity index (χ0v) is 12.7. The van der Waals surface area contributed by atoms with E-state index in [1.807, 2.05) is 6.07 Å². The molecule has 0 N–H and O–H groups in total. The van der Waals surface area contributed by atoms with Crippen LogP contribution in [0.3, 0.4) is 0 Å². The van der Waals surface area contributed by atoms with Gasteiger partial charge in [-0.1, -0.05) is 11.6 Å². The first-order chi connectivity index (χ1) is 9.88. The van der Waals surface area contributed by atoms with E-state index in [1.54, 1.807) is 13.1 Å². The molecule has 1 fully saturated rings. The summed E-state index contributed by atoms with van der Waals surface area (Å²) in [6, 6.07) is 2.69. The zero-order valence-electron chi connectivity index (χ0n) is 11.2. The molecule has 0 bridgehead atoms. The van der Waals surface area contributed by atoms with Crippen LogP contribution >= 0.6 is 22.9 Å². The van der Waals surface area contributed by atoms with Crippen LogP contribution in [0.1, 0.15) is 11.3 Å². The summed E-state index contributed by atoms with van der Waals surface area (Å²) in [5.41, 5.74) is 0. The fourth-order valence-electron chi connectivity index (χ4n) is 1.78. The molecule has 1 aromatic rings. The Labute approximate surface area is 129 Å². The van der Waals surface area contributed by atoms with Gasteiger partial charge in [-0.3, -0.25) is 19.7 Å². The zero-order chi connectivity index (χ0) is 15.6. The molecule has 2 rings (SSSR count). The lowest BCUT2D eigenvalue weighted by atomic mass is 10.4. The average molecular weight is 333 g/mol. The van der Waals surface area contributed by atoms with Gasteiger partial charge in [-0.2, -0.15) is 0 Å². The second-order valence-corrected chi connectivity index (χ2v) is 6.56. The van der Waals surface area contributed by atoms with E-state index in [2.05, 4.69) is 0 Å². The first-order valence-electron chi connectivity index (χ1n) is 6.16. The van der Waals surface area contributed by atoms with Gasteiger partial charge in [-0.15, -0.1) is 11.3 Å². The van der Waals surface area contributed by atoms with Crippen LogP contribution in [0.25, 0.3) is 0 Å². The van der Waals surface area contributed by atoms with Crippen molar-refractivity contribution in [3.8, 4) is 0 Å². The molecule has 21 heavy (non-hydrogen) atoms. The predicted octanol–water partition coefficient (Wildman–Crippen LogP) is 1.57. The van der Waals surface area contributed by atoms with Crippen molar-refractivity contribution in [1.29, 1.82) is 0 Å². The van der Waals surface area contributed by atoms with Crippen LogP contribution in [0.4, 0.5) is 0 Å². The Balaban J connectivity index is 1.74. The molecule has 114 valence electrons. The van der Waals surface area contributed by atoms with Gasteiger partial charge in [-0.25, -0.2) is 0 Å². The van der Waals surface area contributed by atoms with Crippen molar-refractivity contribution in [2.24, 2.45) is 5.92 Å². The van der Waals surface area contributed by atoms with Gasteiger partial charge in [-0.05, 0) is 12.1 Å².